The quantitative estimate of drug-likeness (QED) is 0.539. The number of halogens is 3. The van der Waals surface area contributed by atoms with Crippen molar-refractivity contribution >= 4 is 34.7 Å². The molecule has 1 aromatic carbocycles. The molecule has 0 saturated carbocycles. The minimum Gasteiger partial charge on any atom is -0.355 e. The molecule has 2 N–H and O–H groups in total. The first-order valence-corrected chi connectivity index (χ1v) is 13.2. The zero-order valence-corrected chi connectivity index (χ0v) is 21.1. The van der Waals surface area contributed by atoms with Crippen molar-refractivity contribution in [3.05, 3.63) is 45.9 Å². The van der Waals surface area contributed by atoms with Gasteiger partial charge in [-0.3, -0.25) is 24.1 Å². The van der Waals surface area contributed by atoms with Gasteiger partial charge in [0.2, 0.25) is 5.91 Å². The molecule has 3 fully saturated rings. The van der Waals surface area contributed by atoms with Gasteiger partial charge in [-0.15, -0.1) is 0 Å². The Kier molecular flexibility index (Phi) is 8.58. The Morgan fingerprint density at radius 3 is 2.43 bits per heavy atom. The van der Waals surface area contributed by atoms with Gasteiger partial charge in [0, 0.05) is 19.6 Å². The third-order valence-corrected chi connectivity index (χ3v) is 7.98. The van der Waals surface area contributed by atoms with Crippen molar-refractivity contribution in [2.45, 2.75) is 38.3 Å². The van der Waals surface area contributed by atoms with E-state index in [9.17, 15) is 32.3 Å². The van der Waals surface area contributed by atoms with Crippen LogP contribution in [0.2, 0.25) is 0 Å². The second-order valence-electron chi connectivity index (χ2n) is 9.36. The normalized spacial score (nSPS) is 19.5. The second-order valence-corrected chi connectivity index (χ2v) is 10.3. The van der Waals surface area contributed by atoms with Gasteiger partial charge in [-0.1, -0.05) is 12.1 Å². The van der Waals surface area contributed by atoms with E-state index in [4.69, 9.17) is 0 Å². The summed E-state index contributed by atoms with van der Waals surface area (Å²) in [5.74, 6) is -1.11. The minimum atomic E-state index is -4.65. The molecule has 0 aromatic heterocycles. The smallest absolute Gasteiger partial charge is 0.355 e. The van der Waals surface area contributed by atoms with Crippen LogP contribution in [0.5, 0.6) is 0 Å². The Bertz CT molecular complexity index is 1090. The van der Waals surface area contributed by atoms with Gasteiger partial charge in [0.05, 0.1) is 16.0 Å². The predicted octanol–water partition coefficient (Wildman–Crippen LogP) is 3.40. The minimum absolute atomic E-state index is 0.128. The zero-order chi connectivity index (χ0) is 26.6. The van der Waals surface area contributed by atoms with Gasteiger partial charge in [0.25, 0.3) is 17.1 Å². The van der Waals surface area contributed by atoms with E-state index < -0.39 is 40.3 Å². The number of hydrogen-bond donors (Lipinski definition) is 2. The van der Waals surface area contributed by atoms with Crippen LogP contribution < -0.4 is 10.6 Å². The van der Waals surface area contributed by atoms with Crippen LogP contribution in [0.4, 0.5) is 18.0 Å². The maximum absolute atomic E-state index is 13.3. The third kappa shape index (κ3) is 6.53. The van der Waals surface area contributed by atoms with E-state index in [2.05, 4.69) is 10.6 Å². The molecule has 37 heavy (non-hydrogen) atoms. The summed E-state index contributed by atoms with van der Waals surface area (Å²) in [6.07, 6.45) is -1.16. The summed E-state index contributed by atoms with van der Waals surface area (Å²) in [5.41, 5.74) is -0.726. The SMILES string of the molecule is O=C(CN1C(=O)SC(=C2CCN(C(=O)c3ccccc3C(F)(F)F)CC2)C1=O)NCCC1CCNCC1. The van der Waals surface area contributed by atoms with E-state index in [-0.39, 0.29) is 37.4 Å². The lowest BCUT2D eigenvalue weighted by Gasteiger charge is -2.29. The lowest BCUT2D eigenvalue weighted by atomic mass is 9.95. The number of thioether (sulfide) groups is 1. The number of carbonyl (C=O) groups is 4. The molecule has 0 radical (unpaired) electrons. The van der Waals surface area contributed by atoms with Crippen LogP contribution >= 0.6 is 11.8 Å². The fraction of sp³-hybridized carbons (Fsp3) is 0.520. The molecule has 0 aliphatic carbocycles. The van der Waals surface area contributed by atoms with Gasteiger partial charge in [-0.25, -0.2) is 0 Å². The van der Waals surface area contributed by atoms with Gasteiger partial charge in [-0.2, -0.15) is 13.2 Å². The summed E-state index contributed by atoms with van der Waals surface area (Å²) in [5, 5.41) is 5.55. The maximum Gasteiger partial charge on any atom is 0.417 e. The molecule has 12 heteroatoms. The lowest BCUT2D eigenvalue weighted by molar-refractivity contribution is -0.138. The van der Waals surface area contributed by atoms with Crippen LogP contribution in [0, 0.1) is 5.92 Å². The molecule has 200 valence electrons. The lowest BCUT2D eigenvalue weighted by Crippen LogP contribution is -2.41. The largest absolute Gasteiger partial charge is 0.417 e. The number of benzene rings is 1. The molecule has 0 spiro atoms. The highest BCUT2D eigenvalue weighted by molar-refractivity contribution is 8.18. The monoisotopic (exact) mass is 538 g/mol. The number of alkyl halides is 3. The number of carbonyl (C=O) groups excluding carboxylic acids is 4. The molecule has 8 nitrogen and oxygen atoms in total. The molecule has 3 heterocycles. The molecule has 0 unspecified atom stereocenters. The number of amides is 4. The van der Waals surface area contributed by atoms with E-state index >= 15 is 0 Å². The van der Waals surface area contributed by atoms with Crippen LogP contribution in [-0.2, 0) is 15.8 Å². The van der Waals surface area contributed by atoms with Gasteiger partial charge < -0.3 is 15.5 Å². The Hall–Kier alpha value is -2.86. The van der Waals surface area contributed by atoms with Crippen molar-refractivity contribution < 1.29 is 32.3 Å². The molecular weight excluding hydrogens is 509 g/mol. The maximum atomic E-state index is 13.3. The van der Waals surface area contributed by atoms with Gasteiger partial charge in [0.1, 0.15) is 6.54 Å². The summed E-state index contributed by atoms with van der Waals surface area (Å²) in [4.78, 5) is 53.0. The fourth-order valence-corrected chi connectivity index (χ4v) is 5.81. The summed E-state index contributed by atoms with van der Waals surface area (Å²) in [6.45, 7) is 2.33. The van der Waals surface area contributed by atoms with E-state index in [1.165, 1.54) is 17.0 Å². The molecular formula is C25H29F3N4O4S. The van der Waals surface area contributed by atoms with E-state index in [0.29, 0.717) is 18.0 Å². The highest BCUT2D eigenvalue weighted by Crippen LogP contribution is 2.37. The molecule has 3 aliphatic heterocycles. The Morgan fingerprint density at radius 2 is 1.76 bits per heavy atom. The Labute approximate surface area is 217 Å². The van der Waals surface area contributed by atoms with E-state index in [0.717, 1.165) is 61.1 Å². The van der Waals surface area contributed by atoms with Crippen LogP contribution in [0.1, 0.15) is 48.0 Å². The first-order valence-electron chi connectivity index (χ1n) is 12.3. The van der Waals surface area contributed by atoms with Crippen molar-refractivity contribution in [1.29, 1.82) is 0 Å². The molecule has 0 atom stereocenters. The van der Waals surface area contributed by atoms with E-state index in [1.807, 2.05) is 0 Å². The average Bonchev–Trinajstić information content (AvgIpc) is 3.17. The number of nitrogens with zero attached hydrogens (tertiary/aromatic N) is 2. The molecule has 3 aliphatic rings. The highest BCUT2D eigenvalue weighted by Gasteiger charge is 2.40. The molecule has 3 saturated heterocycles. The summed E-state index contributed by atoms with van der Waals surface area (Å²) in [7, 11) is 0. The van der Waals surface area contributed by atoms with Crippen molar-refractivity contribution in [2.75, 3.05) is 39.3 Å². The van der Waals surface area contributed by atoms with Crippen LogP contribution in [-0.4, -0.2) is 72.0 Å². The van der Waals surface area contributed by atoms with Crippen molar-refractivity contribution in [1.82, 2.24) is 20.4 Å². The first-order chi connectivity index (χ1) is 17.6. The first kappa shape index (κ1) is 27.2. The zero-order valence-electron chi connectivity index (χ0n) is 20.2. The fourth-order valence-electron chi connectivity index (χ4n) is 4.83. The van der Waals surface area contributed by atoms with Gasteiger partial charge in [-0.05, 0) is 80.6 Å². The van der Waals surface area contributed by atoms with Crippen molar-refractivity contribution in [2.24, 2.45) is 5.92 Å². The number of likely N-dealkylation sites (tertiary alicyclic amines) is 1. The van der Waals surface area contributed by atoms with Crippen LogP contribution in [0.25, 0.3) is 0 Å². The van der Waals surface area contributed by atoms with Crippen molar-refractivity contribution in [3.63, 3.8) is 0 Å². The molecule has 0 bridgehead atoms. The number of imide groups is 1. The molecule has 1 aromatic rings. The number of rotatable bonds is 6. The molecule has 4 rings (SSSR count). The summed E-state index contributed by atoms with van der Waals surface area (Å²) < 4.78 is 40.0. The summed E-state index contributed by atoms with van der Waals surface area (Å²) in [6, 6.07) is 4.65. The number of nitrogens with one attached hydrogen (secondary N) is 2. The average molecular weight is 539 g/mol. The molecule has 4 amide bonds. The van der Waals surface area contributed by atoms with Crippen molar-refractivity contribution in [3.8, 4) is 0 Å². The van der Waals surface area contributed by atoms with Gasteiger partial charge in [0.15, 0.2) is 0 Å². The third-order valence-electron chi connectivity index (χ3n) is 6.92. The van der Waals surface area contributed by atoms with Crippen LogP contribution in [0.3, 0.4) is 0 Å². The standard InChI is InChI=1S/C25H29F3N4O4S/c26-25(27,28)19-4-2-1-3-18(19)22(34)31-13-8-17(9-14-31)21-23(35)32(24(36)37-21)15-20(33)30-12-7-16-5-10-29-11-6-16/h1-4,16,29H,5-15H2,(H,30,33). The van der Waals surface area contributed by atoms with E-state index in [1.54, 1.807) is 0 Å². The summed E-state index contributed by atoms with van der Waals surface area (Å²) >= 11 is 0.767. The second kappa shape index (κ2) is 11.7. The Balaban J connectivity index is 1.32. The Morgan fingerprint density at radius 1 is 1.08 bits per heavy atom. The highest BCUT2D eigenvalue weighted by atomic mass is 32.2. The van der Waals surface area contributed by atoms with Gasteiger partial charge >= 0.3 is 6.18 Å². The number of hydrogen-bond acceptors (Lipinski definition) is 6. The number of piperidine rings is 2. The topological polar surface area (TPSA) is 98.8 Å². The predicted molar refractivity (Wildman–Crippen MR) is 132 cm³/mol. The van der Waals surface area contributed by atoms with Crippen LogP contribution in [0.15, 0.2) is 34.7 Å².